The first-order chi connectivity index (χ1) is 8.95. The first kappa shape index (κ1) is 14.9. The van der Waals surface area contributed by atoms with Crippen LogP contribution in [0.25, 0.3) is 0 Å². The predicted molar refractivity (Wildman–Crippen MR) is 70.9 cm³/mol. The molecule has 0 spiro atoms. The van der Waals surface area contributed by atoms with Gasteiger partial charge in [0.25, 0.3) is 0 Å². The summed E-state index contributed by atoms with van der Waals surface area (Å²) >= 11 is 0. The van der Waals surface area contributed by atoms with Crippen LogP contribution in [0.5, 0.6) is 0 Å². The number of carbonyl (C=O) groups is 2. The maximum atomic E-state index is 11.9. The quantitative estimate of drug-likeness (QED) is 0.849. The standard InChI is InChI=1S/C13H19N3O3/c1-4-16(9(2)3)13(19)15-8-10-5-6-11(12(17)18)14-7-10/h5-7,9H,4,8H2,1-3H3,(H,15,19)(H,17,18). The summed E-state index contributed by atoms with van der Waals surface area (Å²) < 4.78 is 0. The van der Waals surface area contributed by atoms with E-state index < -0.39 is 5.97 Å². The number of aromatic carboxylic acids is 1. The minimum absolute atomic E-state index is 0.00700. The largest absolute Gasteiger partial charge is 0.477 e. The van der Waals surface area contributed by atoms with Crippen LogP contribution in [0.2, 0.25) is 0 Å². The number of amides is 2. The highest BCUT2D eigenvalue weighted by atomic mass is 16.4. The summed E-state index contributed by atoms with van der Waals surface area (Å²) in [6.07, 6.45) is 1.45. The monoisotopic (exact) mass is 265 g/mol. The Labute approximate surface area is 112 Å². The Morgan fingerprint density at radius 3 is 2.53 bits per heavy atom. The molecule has 6 heteroatoms. The lowest BCUT2D eigenvalue weighted by Crippen LogP contribution is -2.43. The minimum atomic E-state index is -1.06. The van der Waals surface area contributed by atoms with Gasteiger partial charge in [-0.3, -0.25) is 0 Å². The van der Waals surface area contributed by atoms with Crippen molar-refractivity contribution in [3.05, 3.63) is 29.6 Å². The third-order valence-electron chi connectivity index (χ3n) is 2.71. The van der Waals surface area contributed by atoms with Crippen molar-refractivity contribution in [1.29, 1.82) is 0 Å². The number of carboxylic acids is 1. The zero-order valence-corrected chi connectivity index (χ0v) is 11.4. The van der Waals surface area contributed by atoms with Gasteiger partial charge in [0, 0.05) is 25.3 Å². The van der Waals surface area contributed by atoms with Crippen LogP contribution in [0.4, 0.5) is 4.79 Å². The van der Waals surface area contributed by atoms with E-state index in [1.54, 1.807) is 11.0 Å². The number of carboxylic acid groups (broad SMARTS) is 1. The van der Waals surface area contributed by atoms with Crippen molar-refractivity contribution in [3.8, 4) is 0 Å². The highest BCUT2D eigenvalue weighted by Crippen LogP contribution is 2.02. The van der Waals surface area contributed by atoms with Crippen LogP contribution in [0.1, 0.15) is 36.8 Å². The number of urea groups is 1. The number of nitrogens with one attached hydrogen (secondary N) is 1. The van der Waals surface area contributed by atoms with Crippen molar-refractivity contribution in [3.63, 3.8) is 0 Å². The molecule has 0 saturated heterocycles. The summed E-state index contributed by atoms with van der Waals surface area (Å²) in [5, 5.41) is 11.5. The van der Waals surface area contributed by atoms with Gasteiger partial charge in [-0.2, -0.15) is 0 Å². The maximum absolute atomic E-state index is 11.9. The number of carbonyl (C=O) groups excluding carboxylic acids is 1. The molecule has 6 nitrogen and oxygen atoms in total. The maximum Gasteiger partial charge on any atom is 0.354 e. The van der Waals surface area contributed by atoms with Crippen LogP contribution in [-0.2, 0) is 6.54 Å². The molecular formula is C13H19N3O3. The summed E-state index contributed by atoms with van der Waals surface area (Å²) in [4.78, 5) is 28.0. The lowest BCUT2D eigenvalue weighted by molar-refractivity contribution is 0.0690. The van der Waals surface area contributed by atoms with Crippen molar-refractivity contribution < 1.29 is 14.7 Å². The molecule has 0 saturated carbocycles. The Morgan fingerprint density at radius 1 is 1.42 bits per heavy atom. The molecule has 0 aliphatic heterocycles. The van der Waals surface area contributed by atoms with Crippen molar-refractivity contribution in [2.24, 2.45) is 0 Å². The molecule has 0 aliphatic carbocycles. The number of nitrogens with zero attached hydrogens (tertiary/aromatic N) is 2. The van der Waals surface area contributed by atoms with Crippen molar-refractivity contribution in [1.82, 2.24) is 15.2 Å². The predicted octanol–water partition coefficient (Wildman–Crippen LogP) is 1.72. The molecular weight excluding hydrogens is 246 g/mol. The molecule has 2 N–H and O–H groups in total. The van der Waals surface area contributed by atoms with E-state index in [0.29, 0.717) is 13.1 Å². The van der Waals surface area contributed by atoms with Gasteiger partial charge < -0.3 is 15.3 Å². The van der Waals surface area contributed by atoms with Gasteiger partial charge in [0.05, 0.1) is 0 Å². The number of hydrogen-bond acceptors (Lipinski definition) is 3. The van der Waals surface area contributed by atoms with Gasteiger partial charge in [-0.05, 0) is 32.4 Å². The Hall–Kier alpha value is -2.11. The molecule has 1 aromatic heterocycles. The molecule has 0 unspecified atom stereocenters. The van der Waals surface area contributed by atoms with Gasteiger partial charge in [-0.15, -0.1) is 0 Å². The average Bonchev–Trinajstić information content (AvgIpc) is 2.37. The van der Waals surface area contributed by atoms with E-state index in [0.717, 1.165) is 5.56 Å². The highest BCUT2D eigenvalue weighted by Gasteiger charge is 2.14. The average molecular weight is 265 g/mol. The van der Waals surface area contributed by atoms with E-state index in [1.807, 2.05) is 20.8 Å². The van der Waals surface area contributed by atoms with E-state index in [1.165, 1.54) is 12.3 Å². The van der Waals surface area contributed by atoms with Crippen LogP contribution >= 0.6 is 0 Å². The van der Waals surface area contributed by atoms with Crippen LogP contribution in [0, 0.1) is 0 Å². The first-order valence-corrected chi connectivity index (χ1v) is 6.18. The summed E-state index contributed by atoms with van der Waals surface area (Å²) in [6.45, 7) is 6.79. The summed E-state index contributed by atoms with van der Waals surface area (Å²) in [6, 6.07) is 3.06. The molecule has 0 fully saturated rings. The third-order valence-corrected chi connectivity index (χ3v) is 2.71. The number of pyridine rings is 1. The summed E-state index contributed by atoms with van der Waals surface area (Å²) in [5.41, 5.74) is 0.755. The molecule has 1 aromatic rings. The van der Waals surface area contributed by atoms with Crippen LogP contribution in [0.15, 0.2) is 18.3 Å². The number of rotatable bonds is 5. The third kappa shape index (κ3) is 4.24. The van der Waals surface area contributed by atoms with Crippen molar-refractivity contribution in [2.75, 3.05) is 6.54 Å². The van der Waals surface area contributed by atoms with Gasteiger partial charge in [-0.1, -0.05) is 6.07 Å². The normalized spacial score (nSPS) is 10.3. The lowest BCUT2D eigenvalue weighted by atomic mass is 10.2. The Bertz CT molecular complexity index is 443. The fourth-order valence-electron chi connectivity index (χ4n) is 1.68. The second-order valence-corrected chi connectivity index (χ2v) is 4.40. The molecule has 0 atom stereocenters. The molecule has 104 valence electrons. The lowest BCUT2D eigenvalue weighted by Gasteiger charge is -2.25. The van der Waals surface area contributed by atoms with Crippen molar-refractivity contribution >= 4 is 12.0 Å². The highest BCUT2D eigenvalue weighted by molar-refractivity contribution is 5.85. The molecule has 1 heterocycles. The molecule has 0 aromatic carbocycles. The fraction of sp³-hybridized carbons (Fsp3) is 0.462. The van der Waals surface area contributed by atoms with Gasteiger partial charge >= 0.3 is 12.0 Å². The fourth-order valence-corrected chi connectivity index (χ4v) is 1.68. The van der Waals surface area contributed by atoms with E-state index in [4.69, 9.17) is 5.11 Å². The van der Waals surface area contributed by atoms with Gasteiger partial charge in [0.2, 0.25) is 0 Å². The second-order valence-electron chi connectivity index (χ2n) is 4.40. The van der Waals surface area contributed by atoms with Crippen LogP contribution < -0.4 is 5.32 Å². The van der Waals surface area contributed by atoms with Gasteiger partial charge in [0.15, 0.2) is 0 Å². The molecule has 0 radical (unpaired) electrons. The summed E-state index contributed by atoms with van der Waals surface area (Å²) in [5.74, 6) is -1.06. The van der Waals surface area contributed by atoms with Gasteiger partial charge in [-0.25, -0.2) is 14.6 Å². The van der Waals surface area contributed by atoms with E-state index in [2.05, 4.69) is 10.3 Å². The molecule has 1 rings (SSSR count). The van der Waals surface area contributed by atoms with Gasteiger partial charge in [0.1, 0.15) is 5.69 Å². The Balaban J connectivity index is 2.57. The van der Waals surface area contributed by atoms with Crippen LogP contribution in [-0.4, -0.2) is 39.6 Å². The minimum Gasteiger partial charge on any atom is -0.477 e. The zero-order chi connectivity index (χ0) is 14.4. The first-order valence-electron chi connectivity index (χ1n) is 6.18. The molecule has 0 bridgehead atoms. The Kier molecular flexibility index (Phi) is 5.29. The molecule has 2 amide bonds. The molecule has 0 aliphatic rings. The SMILES string of the molecule is CCN(C(=O)NCc1ccc(C(=O)O)nc1)C(C)C. The topological polar surface area (TPSA) is 82.5 Å². The zero-order valence-electron chi connectivity index (χ0n) is 11.4. The van der Waals surface area contributed by atoms with E-state index in [9.17, 15) is 9.59 Å². The van der Waals surface area contributed by atoms with E-state index >= 15 is 0 Å². The van der Waals surface area contributed by atoms with Crippen molar-refractivity contribution in [2.45, 2.75) is 33.4 Å². The molecule has 19 heavy (non-hydrogen) atoms. The smallest absolute Gasteiger partial charge is 0.354 e. The number of hydrogen-bond donors (Lipinski definition) is 2. The van der Waals surface area contributed by atoms with Crippen LogP contribution in [0.3, 0.4) is 0 Å². The second kappa shape index (κ2) is 6.72. The van der Waals surface area contributed by atoms with E-state index in [-0.39, 0.29) is 17.8 Å². The summed E-state index contributed by atoms with van der Waals surface area (Å²) in [7, 11) is 0. The number of aromatic nitrogens is 1. The Morgan fingerprint density at radius 2 is 2.11 bits per heavy atom.